The van der Waals surface area contributed by atoms with Gasteiger partial charge in [-0.05, 0) is 38.0 Å². The monoisotopic (exact) mass is 292 g/mol. The van der Waals surface area contributed by atoms with Crippen LogP contribution in [-0.2, 0) is 4.79 Å². The molecule has 1 aliphatic rings. The Labute approximate surface area is 130 Å². The molecule has 0 spiro atoms. The Kier molecular flexibility index (Phi) is 8.42. The number of amides is 1. The van der Waals surface area contributed by atoms with Crippen LogP contribution in [0.2, 0.25) is 0 Å². The molecular formula is C18H32N2O. The van der Waals surface area contributed by atoms with Crippen LogP contribution in [0, 0.1) is 17.2 Å². The molecule has 0 atom stereocenters. The van der Waals surface area contributed by atoms with Gasteiger partial charge in [0.1, 0.15) is 5.54 Å². The van der Waals surface area contributed by atoms with E-state index in [0.29, 0.717) is 6.42 Å². The van der Waals surface area contributed by atoms with Crippen molar-refractivity contribution in [2.24, 2.45) is 5.92 Å². The summed E-state index contributed by atoms with van der Waals surface area (Å²) in [5.41, 5.74) is -0.578. The van der Waals surface area contributed by atoms with E-state index in [0.717, 1.165) is 44.4 Å². The van der Waals surface area contributed by atoms with E-state index in [-0.39, 0.29) is 5.91 Å². The van der Waals surface area contributed by atoms with Crippen LogP contribution in [0.15, 0.2) is 0 Å². The summed E-state index contributed by atoms with van der Waals surface area (Å²) in [5.74, 6) is 0.809. The minimum Gasteiger partial charge on any atom is -0.338 e. The summed E-state index contributed by atoms with van der Waals surface area (Å²) in [6.45, 7) is 4.42. The molecule has 120 valence electrons. The molecule has 0 heterocycles. The standard InChI is InChI=1S/C18H32N2O/c1-3-5-6-7-8-9-10-17(21)20-18(15-19)13-11-16(4-2)12-14-18/h16H,3-14H2,1-2H3,(H,20,21). The van der Waals surface area contributed by atoms with Crippen LogP contribution in [0.4, 0.5) is 0 Å². The summed E-state index contributed by atoms with van der Waals surface area (Å²) in [6, 6.07) is 2.38. The van der Waals surface area contributed by atoms with E-state index in [1.54, 1.807) is 0 Å². The lowest BCUT2D eigenvalue weighted by Crippen LogP contribution is -2.49. The van der Waals surface area contributed by atoms with Gasteiger partial charge >= 0.3 is 0 Å². The van der Waals surface area contributed by atoms with Crippen molar-refractivity contribution in [1.82, 2.24) is 5.32 Å². The molecule has 0 aliphatic heterocycles. The molecule has 1 fully saturated rings. The zero-order chi connectivity index (χ0) is 15.6. The predicted molar refractivity (Wildman–Crippen MR) is 86.7 cm³/mol. The Morgan fingerprint density at radius 3 is 2.33 bits per heavy atom. The molecule has 0 aromatic rings. The molecule has 3 nitrogen and oxygen atoms in total. The summed E-state index contributed by atoms with van der Waals surface area (Å²) in [7, 11) is 0. The van der Waals surface area contributed by atoms with Crippen molar-refractivity contribution in [2.75, 3.05) is 0 Å². The lowest BCUT2D eigenvalue weighted by atomic mass is 9.76. The second kappa shape index (κ2) is 9.82. The molecule has 0 aromatic carbocycles. The summed E-state index contributed by atoms with van der Waals surface area (Å²) in [4.78, 5) is 12.1. The highest BCUT2D eigenvalue weighted by molar-refractivity contribution is 5.77. The van der Waals surface area contributed by atoms with Crippen molar-refractivity contribution in [1.29, 1.82) is 5.26 Å². The second-order valence-corrected chi connectivity index (χ2v) is 6.61. The van der Waals surface area contributed by atoms with Crippen molar-refractivity contribution in [3.05, 3.63) is 0 Å². The van der Waals surface area contributed by atoms with Crippen LogP contribution in [0.25, 0.3) is 0 Å². The number of nitrogens with one attached hydrogen (secondary N) is 1. The summed E-state index contributed by atoms with van der Waals surface area (Å²) in [5, 5.41) is 12.5. The maximum atomic E-state index is 12.1. The second-order valence-electron chi connectivity index (χ2n) is 6.61. The van der Waals surface area contributed by atoms with Crippen molar-refractivity contribution in [2.45, 2.75) is 96.4 Å². The van der Waals surface area contributed by atoms with E-state index in [2.05, 4.69) is 25.2 Å². The number of rotatable bonds is 9. The topological polar surface area (TPSA) is 52.9 Å². The average molecular weight is 292 g/mol. The quantitative estimate of drug-likeness (QED) is 0.625. The Bertz CT molecular complexity index is 338. The molecule has 1 aliphatic carbocycles. The highest BCUT2D eigenvalue weighted by Gasteiger charge is 2.36. The third kappa shape index (κ3) is 6.50. The Morgan fingerprint density at radius 2 is 1.76 bits per heavy atom. The molecule has 1 amide bonds. The van der Waals surface area contributed by atoms with Crippen LogP contribution in [0.3, 0.4) is 0 Å². The van der Waals surface area contributed by atoms with Gasteiger partial charge in [0.2, 0.25) is 5.91 Å². The SMILES string of the molecule is CCCCCCCCC(=O)NC1(C#N)CCC(CC)CC1. The molecule has 0 aromatic heterocycles. The van der Waals surface area contributed by atoms with Gasteiger partial charge in [-0.2, -0.15) is 5.26 Å². The number of nitriles is 1. The first-order valence-corrected chi connectivity index (χ1v) is 8.88. The lowest BCUT2D eigenvalue weighted by Gasteiger charge is -2.35. The number of nitrogens with zero attached hydrogens (tertiary/aromatic N) is 1. The summed E-state index contributed by atoms with van der Waals surface area (Å²) in [6.07, 6.45) is 12.7. The van der Waals surface area contributed by atoms with E-state index < -0.39 is 5.54 Å². The molecule has 1 rings (SSSR count). The average Bonchev–Trinajstić information content (AvgIpc) is 2.51. The molecule has 0 saturated heterocycles. The first kappa shape index (κ1) is 18.0. The maximum Gasteiger partial charge on any atom is 0.221 e. The van der Waals surface area contributed by atoms with Gasteiger partial charge < -0.3 is 5.32 Å². The molecule has 21 heavy (non-hydrogen) atoms. The Morgan fingerprint density at radius 1 is 1.14 bits per heavy atom. The summed E-state index contributed by atoms with van der Waals surface area (Å²) >= 11 is 0. The van der Waals surface area contributed by atoms with Crippen molar-refractivity contribution >= 4 is 5.91 Å². The molecule has 1 N–H and O–H groups in total. The van der Waals surface area contributed by atoms with Gasteiger partial charge in [0.25, 0.3) is 0 Å². The largest absolute Gasteiger partial charge is 0.338 e. The van der Waals surface area contributed by atoms with Crippen LogP contribution in [0.5, 0.6) is 0 Å². The first-order valence-electron chi connectivity index (χ1n) is 8.88. The molecule has 0 unspecified atom stereocenters. The van der Waals surface area contributed by atoms with Crippen LogP contribution in [-0.4, -0.2) is 11.4 Å². The van der Waals surface area contributed by atoms with Crippen LogP contribution >= 0.6 is 0 Å². The molecule has 0 bridgehead atoms. The zero-order valence-corrected chi connectivity index (χ0v) is 13.9. The van der Waals surface area contributed by atoms with Gasteiger partial charge in [-0.3, -0.25) is 4.79 Å². The zero-order valence-electron chi connectivity index (χ0n) is 13.9. The molecule has 0 radical (unpaired) electrons. The third-order valence-electron chi connectivity index (χ3n) is 4.89. The maximum absolute atomic E-state index is 12.1. The normalized spacial score (nSPS) is 25.3. The van der Waals surface area contributed by atoms with E-state index in [1.807, 2.05) is 0 Å². The highest BCUT2D eigenvalue weighted by atomic mass is 16.1. The fourth-order valence-corrected chi connectivity index (χ4v) is 3.24. The molecule has 1 saturated carbocycles. The summed E-state index contributed by atoms with van der Waals surface area (Å²) < 4.78 is 0. The van der Waals surface area contributed by atoms with Gasteiger partial charge in [-0.25, -0.2) is 0 Å². The fourth-order valence-electron chi connectivity index (χ4n) is 3.24. The van der Waals surface area contributed by atoms with Gasteiger partial charge in [-0.15, -0.1) is 0 Å². The van der Waals surface area contributed by atoms with E-state index >= 15 is 0 Å². The number of hydrogen-bond donors (Lipinski definition) is 1. The minimum absolute atomic E-state index is 0.0713. The smallest absolute Gasteiger partial charge is 0.221 e. The van der Waals surface area contributed by atoms with Gasteiger partial charge in [0.05, 0.1) is 6.07 Å². The van der Waals surface area contributed by atoms with Gasteiger partial charge in [-0.1, -0.05) is 52.4 Å². The van der Waals surface area contributed by atoms with Crippen molar-refractivity contribution in [3.8, 4) is 6.07 Å². The fraction of sp³-hybridized carbons (Fsp3) is 0.889. The number of unbranched alkanes of at least 4 members (excludes halogenated alkanes) is 5. The highest BCUT2D eigenvalue weighted by Crippen LogP contribution is 2.33. The number of hydrogen-bond acceptors (Lipinski definition) is 2. The van der Waals surface area contributed by atoms with Crippen molar-refractivity contribution in [3.63, 3.8) is 0 Å². The third-order valence-corrected chi connectivity index (χ3v) is 4.89. The van der Waals surface area contributed by atoms with Gasteiger partial charge in [0.15, 0.2) is 0 Å². The number of carbonyl (C=O) groups is 1. The lowest BCUT2D eigenvalue weighted by molar-refractivity contribution is -0.123. The molecule has 3 heteroatoms. The first-order chi connectivity index (χ1) is 10.2. The van der Waals surface area contributed by atoms with E-state index in [9.17, 15) is 10.1 Å². The predicted octanol–water partition coefficient (Wildman–Crippen LogP) is 4.72. The van der Waals surface area contributed by atoms with Gasteiger partial charge in [0, 0.05) is 6.42 Å². The van der Waals surface area contributed by atoms with Crippen LogP contribution in [0.1, 0.15) is 90.9 Å². The van der Waals surface area contributed by atoms with Crippen molar-refractivity contribution < 1.29 is 4.79 Å². The van der Waals surface area contributed by atoms with E-state index in [1.165, 1.54) is 32.1 Å². The Hall–Kier alpha value is -1.04. The van der Waals surface area contributed by atoms with Crippen LogP contribution < -0.4 is 5.32 Å². The van der Waals surface area contributed by atoms with E-state index in [4.69, 9.17) is 0 Å². The Balaban J connectivity index is 2.24. The number of carbonyl (C=O) groups excluding carboxylic acids is 1. The minimum atomic E-state index is -0.578. The molecular weight excluding hydrogens is 260 g/mol.